The van der Waals surface area contributed by atoms with Gasteiger partial charge in [-0.05, 0) is 51.9 Å². The van der Waals surface area contributed by atoms with Gasteiger partial charge in [-0.25, -0.2) is 0 Å². The molecule has 0 spiro atoms. The van der Waals surface area contributed by atoms with Gasteiger partial charge >= 0.3 is 0 Å². The monoisotopic (exact) mass is 241 g/mol. The van der Waals surface area contributed by atoms with Crippen LogP contribution in [-0.4, -0.2) is 56.1 Å². The van der Waals surface area contributed by atoms with E-state index in [1.165, 1.54) is 45.3 Å². The normalized spacial score (nSPS) is 25.4. The second-order valence-corrected chi connectivity index (χ2v) is 6.29. The van der Waals surface area contributed by atoms with Gasteiger partial charge in [0.15, 0.2) is 0 Å². The third kappa shape index (κ3) is 4.57. The van der Waals surface area contributed by atoms with Crippen molar-refractivity contribution in [2.45, 2.75) is 45.6 Å². The van der Waals surface area contributed by atoms with Crippen molar-refractivity contribution in [2.75, 3.05) is 40.3 Å². The number of nitrogens with zero attached hydrogens (tertiary/aromatic N) is 2. The molecule has 1 saturated heterocycles. The summed E-state index contributed by atoms with van der Waals surface area (Å²) < 4.78 is 0. The van der Waals surface area contributed by atoms with E-state index in [1.54, 1.807) is 0 Å². The Bertz CT molecular complexity index is 218. The maximum absolute atomic E-state index is 5.98. The number of nitrogens with two attached hydrogens (primary N) is 1. The summed E-state index contributed by atoms with van der Waals surface area (Å²) in [4.78, 5) is 4.98. The Kier molecular flexibility index (Phi) is 5.90. The van der Waals surface area contributed by atoms with Gasteiger partial charge in [0.2, 0.25) is 0 Å². The lowest BCUT2D eigenvalue weighted by atomic mass is 9.85. The van der Waals surface area contributed by atoms with E-state index in [2.05, 4.69) is 37.7 Å². The Hall–Kier alpha value is -0.120. The molecule has 2 unspecified atom stereocenters. The number of rotatable bonds is 7. The summed E-state index contributed by atoms with van der Waals surface area (Å²) >= 11 is 0. The molecule has 1 aliphatic heterocycles. The number of hydrogen-bond donors (Lipinski definition) is 1. The molecule has 1 aliphatic rings. The second-order valence-electron chi connectivity index (χ2n) is 6.29. The van der Waals surface area contributed by atoms with E-state index in [0.717, 1.165) is 12.6 Å². The molecule has 102 valence electrons. The molecule has 0 aromatic heterocycles. The van der Waals surface area contributed by atoms with Crippen molar-refractivity contribution in [3.63, 3.8) is 0 Å². The zero-order chi connectivity index (χ0) is 12.9. The van der Waals surface area contributed by atoms with E-state index in [0.29, 0.717) is 5.41 Å². The van der Waals surface area contributed by atoms with E-state index in [9.17, 15) is 0 Å². The average molecular weight is 241 g/mol. The lowest BCUT2D eigenvalue weighted by Gasteiger charge is -2.36. The summed E-state index contributed by atoms with van der Waals surface area (Å²) in [6.45, 7) is 9.04. The molecule has 0 aliphatic carbocycles. The largest absolute Gasteiger partial charge is 0.330 e. The Morgan fingerprint density at radius 3 is 2.65 bits per heavy atom. The van der Waals surface area contributed by atoms with Gasteiger partial charge in [-0.3, -0.25) is 4.90 Å². The third-order valence-corrected chi connectivity index (χ3v) is 4.01. The lowest BCUT2D eigenvalue weighted by molar-refractivity contribution is 0.131. The van der Waals surface area contributed by atoms with Crippen LogP contribution in [0.3, 0.4) is 0 Å². The topological polar surface area (TPSA) is 32.5 Å². The molecule has 3 nitrogen and oxygen atoms in total. The van der Waals surface area contributed by atoms with Gasteiger partial charge in [-0.2, -0.15) is 0 Å². The second kappa shape index (κ2) is 6.72. The van der Waals surface area contributed by atoms with Crippen LogP contribution in [0.1, 0.15) is 39.5 Å². The van der Waals surface area contributed by atoms with Gasteiger partial charge in [-0.1, -0.05) is 20.3 Å². The molecule has 1 fully saturated rings. The quantitative estimate of drug-likeness (QED) is 0.737. The highest BCUT2D eigenvalue weighted by molar-refractivity contribution is 4.87. The maximum atomic E-state index is 5.98. The van der Waals surface area contributed by atoms with Crippen molar-refractivity contribution < 1.29 is 0 Å². The minimum absolute atomic E-state index is 0.309. The van der Waals surface area contributed by atoms with Gasteiger partial charge < -0.3 is 10.6 Å². The molecule has 1 rings (SSSR count). The van der Waals surface area contributed by atoms with E-state index in [-0.39, 0.29) is 0 Å². The number of hydrogen-bond acceptors (Lipinski definition) is 3. The molecule has 1 heterocycles. The first kappa shape index (κ1) is 14.9. The predicted molar refractivity (Wildman–Crippen MR) is 75.2 cm³/mol. The Labute approximate surface area is 107 Å². The predicted octanol–water partition coefficient (Wildman–Crippen LogP) is 1.78. The molecular weight excluding hydrogens is 210 g/mol. The van der Waals surface area contributed by atoms with Crippen LogP contribution in [0.5, 0.6) is 0 Å². The van der Waals surface area contributed by atoms with Gasteiger partial charge in [0.05, 0.1) is 0 Å². The minimum atomic E-state index is 0.309. The molecular formula is C14H31N3. The number of likely N-dealkylation sites (N-methyl/N-ethyl adjacent to an activating group) is 1. The lowest BCUT2D eigenvalue weighted by Crippen LogP contribution is -2.45. The first-order valence-corrected chi connectivity index (χ1v) is 7.09. The van der Waals surface area contributed by atoms with Crippen LogP contribution in [0.4, 0.5) is 0 Å². The van der Waals surface area contributed by atoms with E-state index in [1.807, 2.05) is 0 Å². The van der Waals surface area contributed by atoms with E-state index in [4.69, 9.17) is 5.73 Å². The van der Waals surface area contributed by atoms with E-state index >= 15 is 0 Å². The Morgan fingerprint density at radius 1 is 1.41 bits per heavy atom. The van der Waals surface area contributed by atoms with Crippen molar-refractivity contribution in [1.29, 1.82) is 0 Å². The summed E-state index contributed by atoms with van der Waals surface area (Å²) in [6, 6.07) is 0.743. The van der Waals surface area contributed by atoms with Crippen LogP contribution in [0.2, 0.25) is 0 Å². The summed E-state index contributed by atoms with van der Waals surface area (Å²) in [6.07, 6.45) is 5.19. The fraction of sp³-hybridized carbons (Fsp3) is 1.00. The fourth-order valence-electron chi connectivity index (χ4n) is 3.07. The van der Waals surface area contributed by atoms with Crippen molar-refractivity contribution in [3.8, 4) is 0 Å². The summed E-state index contributed by atoms with van der Waals surface area (Å²) in [5, 5.41) is 0. The fourth-order valence-corrected chi connectivity index (χ4v) is 3.07. The molecule has 2 N–H and O–H groups in total. The minimum Gasteiger partial charge on any atom is -0.330 e. The molecule has 0 aromatic rings. The van der Waals surface area contributed by atoms with Crippen molar-refractivity contribution in [2.24, 2.45) is 11.1 Å². The highest BCUT2D eigenvalue weighted by Gasteiger charge is 2.31. The van der Waals surface area contributed by atoms with Crippen LogP contribution in [-0.2, 0) is 0 Å². The van der Waals surface area contributed by atoms with Crippen LogP contribution in [0.25, 0.3) is 0 Å². The molecule has 0 aromatic carbocycles. The van der Waals surface area contributed by atoms with Gasteiger partial charge in [0.1, 0.15) is 0 Å². The molecule has 0 saturated carbocycles. The first-order chi connectivity index (χ1) is 8.00. The summed E-state index contributed by atoms with van der Waals surface area (Å²) in [5.74, 6) is 0. The molecule has 0 bridgehead atoms. The van der Waals surface area contributed by atoms with Crippen molar-refractivity contribution >= 4 is 0 Å². The number of likely N-dealkylation sites (tertiary alicyclic amines) is 1. The van der Waals surface area contributed by atoms with Crippen LogP contribution < -0.4 is 5.73 Å². The molecule has 0 radical (unpaired) electrons. The third-order valence-electron chi connectivity index (χ3n) is 4.01. The zero-order valence-electron chi connectivity index (χ0n) is 12.2. The van der Waals surface area contributed by atoms with Crippen LogP contribution in [0, 0.1) is 5.41 Å². The molecule has 0 amide bonds. The molecule has 3 heteroatoms. The average Bonchev–Trinajstić information content (AvgIpc) is 2.65. The Balaban J connectivity index is 2.53. The van der Waals surface area contributed by atoms with Gasteiger partial charge in [0.25, 0.3) is 0 Å². The first-order valence-electron chi connectivity index (χ1n) is 7.09. The molecule has 2 atom stereocenters. The van der Waals surface area contributed by atoms with Gasteiger partial charge in [0, 0.05) is 19.1 Å². The summed E-state index contributed by atoms with van der Waals surface area (Å²) in [5.41, 5.74) is 6.29. The van der Waals surface area contributed by atoms with Crippen LogP contribution >= 0.6 is 0 Å². The van der Waals surface area contributed by atoms with Crippen molar-refractivity contribution in [3.05, 3.63) is 0 Å². The smallest absolute Gasteiger partial charge is 0.0223 e. The highest BCUT2D eigenvalue weighted by Crippen LogP contribution is 2.27. The van der Waals surface area contributed by atoms with Gasteiger partial charge in [-0.15, -0.1) is 0 Å². The molecule has 17 heavy (non-hydrogen) atoms. The summed E-state index contributed by atoms with van der Waals surface area (Å²) in [7, 11) is 4.34. The standard InChI is InChI=1S/C14H31N3/c1-5-8-14(2,11-15)12-17-9-6-7-13(17)10-16(3)4/h13H,5-12,15H2,1-4H3. The van der Waals surface area contributed by atoms with E-state index < -0.39 is 0 Å². The SMILES string of the molecule is CCCC(C)(CN)CN1CCCC1CN(C)C. The highest BCUT2D eigenvalue weighted by atomic mass is 15.2. The van der Waals surface area contributed by atoms with Crippen LogP contribution in [0.15, 0.2) is 0 Å². The maximum Gasteiger partial charge on any atom is 0.0223 e. The Morgan fingerprint density at radius 2 is 2.12 bits per heavy atom. The zero-order valence-corrected chi connectivity index (χ0v) is 12.2. The van der Waals surface area contributed by atoms with Crippen molar-refractivity contribution in [1.82, 2.24) is 9.80 Å².